The number of allylic oxidation sites excluding steroid dienone is 1. The average molecular weight is 400 g/mol. The van der Waals surface area contributed by atoms with Crippen LogP contribution in [0.5, 0.6) is 0 Å². The lowest BCUT2D eigenvalue weighted by Crippen LogP contribution is -2.85. The number of fused-ring (bicyclic) bond motifs is 4. The van der Waals surface area contributed by atoms with Crippen LogP contribution in [0, 0.1) is 34.0 Å². The molecular formula is C24H33NO4. The molecular weight excluding hydrogens is 366 g/mol. The predicted molar refractivity (Wildman–Crippen MR) is 106 cm³/mol. The Morgan fingerprint density at radius 1 is 1.28 bits per heavy atom. The van der Waals surface area contributed by atoms with Crippen LogP contribution in [0.3, 0.4) is 0 Å². The van der Waals surface area contributed by atoms with Crippen molar-refractivity contribution >= 4 is 5.97 Å². The third-order valence-electron chi connectivity index (χ3n) is 10.6. The molecule has 1 unspecified atom stereocenters. The molecule has 158 valence electrons. The fourth-order valence-electron chi connectivity index (χ4n) is 10.1. The van der Waals surface area contributed by atoms with Gasteiger partial charge in [0.15, 0.2) is 0 Å². The quantitative estimate of drug-likeness (QED) is 0.499. The highest BCUT2D eigenvalue weighted by atomic mass is 16.6. The maximum Gasteiger partial charge on any atom is 0.303 e. The largest absolute Gasteiger partial charge is 0.459 e. The highest BCUT2D eigenvalue weighted by Crippen LogP contribution is 2.79. The Morgan fingerprint density at radius 3 is 2.93 bits per heavy atom. The van der Waals surface area contributed by atoms with Crippen LogP contribution in [0.4, 0.5) is 0 Å². The van der Waals surface area contributed by atoms with E-state index in [1.165, 1.54) is 37.7 Å². The van der Waals surface area contributed by atoms with Gasteiger partial charge in [0.25, 0.3) is 0 Å². The molecule has 4 saturated heterocycles. The van der Waals surface area contributed by atoms with Crippen molar-refractivity contribution in [3.63, 3.8) is 0 Å². The minimum absolute atomic E-state index is 0.00486. The van der Waals surface area contributed by atoms with Gasteiger partial charge in [0.2, 0.25) is 0 Å². The van der Waals surface area contributed by atoms with Crippen molar-refractivity contribution in [2.45, 2.75) is 83.5 Å². The van der Waals surface area contributed by atoms with Crippen molar-refractivity contribution in [1.82, 2.24) is 4.90 Å². The second kappa shape index (κ2) is 5.28. The molecule has 7 bridgehead atoms. The van der Waals surface area contributed by atoms with E-state index in [9.17, 15) is 4.79 Å². The van der Waals surface area contributed by atoms with Gasteiger partial charge in [-0.3, -0.25) is 4.79 Å². The second-order valence-corrected chi connectivity index (χ2v) is 11.5. The fourth-order valence-corrected chi connectivity index (χ4v) is 10.1. The van der Waals surface area contributed by atoms with Crippen LogP contribution < -0.4 is 0 Å². The molecule has 0 radical (unpaired) electrons. The first-order valence-corrected chi connectivity index (χ1v) is 11.8. The lowest BCUT2D eigenvalue weighted by Gasteiger charge is -2.80. The summed E-state index contributed by atoms with van der Waals surface area (Å²) in [6.07, 6.45) is 8.49. The van der Waals surface area contributed by atoms with Crippen LogP contribution in [0.1, 0.15) is 58.8 Å². The van der Waals surface area contributed by atoms with E-state index in [2.05, 4.69) is 18.4 Å². The number of carbonyl (C=O) groups is 1. The molecule has 0 N–H and O–H groups in total. The van der Waals surface area contributed by atoms with E-state index >= 15 is 0 Å². The number of rotatable bonds is 1. The highest BCUT2D eigenvalue weighted by Gasteiger charge is 2.82. The monoisotopic (exact) mass is 399 g/mol. The molecule has 29 heavy (non-hydrogen) atoms. The number of hydrogen-bond acceptors (Lipinski definition) is 5. The van der Waals surface area contributed by atoms with Gasteiger partial charge in [-0.15, -0.1) is 0 Å². The summed E-state index contributed by atoms with van der Waals surface area (Å²) in [4.78, 5) is 14.9. The highest BCUT2D eigenvalue weighted by molar-refractivity contribution is 5.66. The van der Waals surface area contributed by atoms with Crippen LogP contribution in [0.2, 0.25) is 0 Å². The predicted octanol–water partition coefficient (Wildman–Crippen LogP) is 3.48. The molecule has 0 aromatic carbocycles. The Balaban J connectivity index is 1.47. The van der Waals surface area contributed by atoms with E-state index in [1.54, 1.807) is 6.92 Å². The van der Waals surface area contributed by atoms with E-state index in [1.807, 2.05) is 0 Å². The molecule has 2 spiro atoms. The number of ether oxygens (including phenoxy) is 3. The number of nitrogens with zero attached hydrogens (tertiary/aromatic N) is 1. The standard InChI is InChI=1S/C24H33NO4/c1-13-12-23-8-5-15(13)11-16(23)24-7-4-6-22(3)18(24)17(28-14(2)26)19(23)29-21(24)25-9-10-27-20(22)25/h15-21H,1,4-12H2,2-3H3/t15-,16+,17-,18+,19+,20-,21+,22?,23+,24+/m0/s1. The van der Waals surface area contributed by atoms with Crippen LogP contribution in [-0.4, -0.2) is 48.7 Å². The van der Waals surface area contributed by atoms with Crippen molar-refractivity contribution in [3.8, 4) is 0 Å². The summed E-state index contributed by atoms with van der Waals surface area (Å²) in [5.74, 6) is 1.54. The smallest absolute Gasteiger partial charge is 0.303 e. The van der Waals surface area contributed by atoms with Gasteiger partial charge in [-0.1, -0.05) is 25.5 Å². The summed E-state index contributed by atoms with van der Waals surface area (Å²) >= 11 is 0. The topological polar surface area (TPSA) is 48.0 Å². The zero-order chi connectivity index (χ0) is 19.8. The van der Waals surface area contributed by atoms with E-state index in [0.717, 1.165) is 26.0 Å². The number of esters is 1. The van der Waals surface area contributed by atoms with Crippen molar-refractivity contribution in [3.05, 3.63) is 12.2 Å². The van der Waals surface area contributed by atoms with Gasteiger partial charge >= 0.3 is 5.97 Å². The van der Waals surface area contributed by atoms with Crippen LogP contribution >= 0.6 is 0 Å². The van der Waals surface area contributed by atoms with E-state index in [-0.39, 0.29) is 46.9 Å². The zero-order valence-electron chi connectivity index (χ0n) is 17.7. The van der Waals surface area contributed by atoms with Crippen molar-refractivity contribution in [1.29, 1.82) is 0 Å². The number of hydrogen-bond donors (Lipinski definition) is 0. The molecule has 4 aliphatic heterocycles. The van der Waals surface area contributed by atoms with E-state index < -0.39 is 0 Å². The summed E-state index contributed by atoms with van der Waals surface area (Å²) in [5, 5.41) is 0. The molecule has 10 atom stereocenters. The summed E-state index contributed by atoms with van der Waals surface area (Å²) in [6, 6.07) is 0. The van der Waals surface area contributed by atoms with Crippen molar-refractivity contribution in [2.24, 2.45) is 34.0 Å². The molecule has 9 fully saturated rings. The van der Waals surface area contributed by atoms with E-state index in [4.69, 9.17) is 14.2 Å². The van der Waals surface area contributed by atoms with Gasteiger partial charge < -0.3 is 14.2 Å². The SMILES string of the molecule is C=C1C[C@]23CC[C@H]1C[C@H]2[C@@]12CCCC4(C)[C@@H]5OCCN5[C@@H]1O[C@@H]3[C@@H](OC(C)=O)[C@H]42. The average Bonchev–Trinajstić information content (AvgIpc) is 3.17. The number of piperidine rings is 1. The summed E-state index contributed by atoms with van der Waals surface area (Å²) in [6.45, 7) is 10.2. The summed E-state index contributed by atoms with van der Waals surface area (Å²) in [7, 11) is 0. The lowest BCUT2D eigenvalue weighted by atomic mass is 9.32. The molecule has 5 saturated carbocycles. The molecule has 0 aromatic rings. The fraction of sp³-hybridized carbons (Fsp3) is 0.875. The Labute approximate surface area is 173 Å². The minimum Gasteiger partial charge on any atom is -0.459 e. The molecule has 5 nitrogen and oxygen atoms in total. The zero-order valence-corrected chi connectivity index (χ0v) is 17.7. The maximum absolute atomic E-state index is 12.3. The van der Waals surface area contributed by atoms with Crippen molar-refractivity contribution < 1.29 is 19.0 Å². The first-order valence-electron chi connectivity index (χ1n) is 11.8. The van der Waals surface area contributed by atoms with E-state index in [0.29, 0.717) is 17.8 Å². The first kappa shape index (κ1) is 17.7. The normalized spacial score (nSPS) is 59.4. The lowest BCUT2D eigenvalue weighted by molar-refractivity contribution is -0.438. The number of carbonyl (C=O) groups excluding carboxylic acids is 1. The molecule has 0 amide bonds. The first-order chi connectivity index (χ1) is 13.9. The second-order valence-electron chi connectivity index (χ2n) is 11.5. The van der Waals surface area contributed by atoms with Crippen LogP contribution in [0.15, 0.2) is 12.2 Å². The molecule has 0 aromatic heterocycles. The Kier molecular flexibility index (Phi) is 3.23. The Morgan fingerprint density at radius 2 is 2.14 bits per heavy atom. The Hall–Kier alpha value is -0.910. The third kappa shape index (κ3) is 1.77. The molecule has 4 heterocycles. The minimum atomic E-state index is -0.160. The molecule has 9 rings (SSSR count). The molecule has 5 aliphatic carbocycles. The van der Waals surface area contributed by atoms with Crippen LogP contribution in [0.25, 0.3) is 0 Å². The summed E-state index contributed by atoms with van der Waals surface area (Å²) < 4.78 is 19.6. The van der Waals surface area contributed by atoms with Gasteiger partial charge in [-0.25, -0.2) is 4.90 Å². The van der Waals surface area contributed by atoms with Gasteiger partial charge in [0.05, 0.1) is 6.61 Å². The van der Waals surface area contributed by atoms with Gasteiger partial charge in [0.1, 0.15) is 24.7 Å². The summed E-state index contributed by atoms with van der Waals surface area (Å²) in [5.41, 5.74) is 1.66. The Bertz CT molecular complexity index is 813. The maximum atomic E-state index is 12.3. The molecule has 5 heteroatoms. The van der Waals surface area contributed by atoms with Gasteiger partial charge in [-0.05, 0) is 50.4 Å². The molecule has 9 aliphatic rings. The van der Waals surface area contributed by atoms with Crippen LogP contribution in [-0.2, 0) is 19.0 Å². The third-order valence-corrected chi connectivity index (χ3v) is 10.6. The van der Waals surface area contributed by atoms with Crippen molar-refractivity contribution in [2.75, 3.05) is 13.2 Å². The van der Waals surface area contributed by atoms with Gasteiger partial charge in [-0.2, -0.15) is 0 Å². The van der Waals surface area contributed by atoms with Gasteiger partial charge in [0, 0.05) is 35.6 Å².